The molecule has 110 valence electrons. The molecule has 1 aliphatic carbocycles. The van der Waals surface area contributed by atoms with Gasteiger partial charge in [-0.15, -0.1) is 0 Å². The number of hydrogen-bond donors (Lipinski definition) is 2. The Morgan fingerprint density at radius 1 is 1.25 bits per heavy atom. The molecule has 0 aromatic heterocycles. The fourth-order valence-corrected chi connectivity index (χ4v) is 3.06. The molecule has 0 spiro atoms. The Hall–Kier alpha value is -0.870. The molecule has 1 atom stereocenters. The highest BCUT2D eigenvalue weighted by atomic mass is 79.9. The van der Waals surface area contributed by atoms with E-state index in [2.05, 4.69) is 33.5 Å². The molecule has 0 unspecified atom stereocenters. The molecule has 0 saturated heterocycles. The summed E-state index contributed by atoms with van der Waals surface area (Å²) in [7, 11) is 0. The normalized spacial score (nSPS) is 17.7. The molecule has 1 fully saturated rings. The summed E-state index contributed by atoms with van der Waals surface area (Å²) in [5.41, 5.74) is 0.838. The number of halogens is 1. The van der Waals surface area contributed by atoms with Gasteiger partial charge in [-0.05, 0) is 49.9 Å². The summed E-state index contributed by atoms with van der Waals surface area (Å²) in [4.78, 5) is 11.9. The largest absolute Gasteiger partial charge is 0.325 e. The van der Waals surface area contributed by atoms with Gasteiger partial charge in [0.25, 0.3) is 0 Å². The summed E-state index contributed by atoms with van der Waals surface area (Å²) in [5, 5.41) is 6.27. The quantitative estimate of drug-likeness (QED) is 0.853. The minimum atomic E-state index is 0.0231. The van der Waals surface area contributed by atoms with Crippen molar-refractivity contribution in [3.8, 4) is 0 Å². The van der Waals surface area contributed by atoms with Gasteiger partial charge in [-0.1, -0.05) is 35.2 Å². The second kappa shape index (κ2) is 7.79. The molecule has 1 aliphatic rings. The van der Waals surface area contributed by atoms with Gasteiger partial charge in [-0.2, -0.15) is 0 Å². The zero-order valence-electron chi connectivity index (χ0n) is 12.0. The third-order valence-corrected chi connectivity index (χ3v) is 4.60. The van der Waals surface area contributed by atoms with Crippen molar-refractivity contribution in [1.29, 1.82) is 0 Å². The lowest BCUT2D eigenvalue weighted by Gasteiger charge is -2.28. The lowest BCUT2D eigenvalue weighted by Crippen LogP contribution is -2.39. The van der Waals surface area contributed by atoms with Crippen LogP contribution in [0.4, 0.5) is 5.69 Å². The van der Waals surface area contributed by atoms with E-state index in [1.54, 1.807) is 0 Å². The maximum absolute atomic E-state index is 11.9. The molecule has 1 saturated carbocycles. The van der Waals surface area contributed by atoms with Gasteiger partial charge in [0.1, 0.15) is 0 Å². The molecule has 1 amide bonds. The van der Waals surface area contributed by atoms with Crippen LogP contribution in [0.1, 0.15) is 39.0 Å². The van der Waals surface area contributed by atoms with Crippen LogP contribution in [0.5, 0.6) is 0 Å². The lowest BCUT2D eigenvalue weighted by atomic mass is 9.84. The first-order chi connectivity index (χ1) is 9.65. The van der Waals surface area contributed by atoms with Crippen LogP contribution in [0.25, 0.3) is 0 Å². The van der Waals surface area contributed by atoms with Crippen molar-refractivity contribution in [2.24, 2.45) is 5.92 Å². The van der Waals surface area contributed by atoms with Crippen LogP contribution < -0.4 is 10.6 Å². The first-order valence-corrected chi connectivity index (χ1v) is 8.23. The molecule has 3 nitrogen and oxygen atoms in total. The van der Waals surface area contributed by atoms with Crippen LogP contribution in [0.2, 0.25) is 0 Å². The van der Waals surface area contributed by atoms with E-state index in [0.717, 1.165) is 16.1 Å². The molecule has 20 heavy (non-hydrogen) atoms. The van der Waals surface area contributed by atoms with Gasteiger partial charge in [0.15, 0.2) is 0 Å². The summed E-state index contributed by atoms with van der Waals surface area (Å²) < 4.78 is 1.01. The van der Waals surface area contributed by atoms with Gasteiger partial charge in [-0.25, -0.2) is 0 Å². The number of anilines is 1. The molecular formula is C16H23BrN2O. The number of carbonyl (C=O) groups excluding carboxylic acids is 1. The van der Waals surface area contributed by atoms with Crippen molar-refractivity contribution >= 4 is 27.5 Å². The fourth-order valence-electron chi connectivity index (χ4n) is 2.79. The minimum Gasteiger partial charge on any atom is -0.325 e. The summed E-state index contributed by atoms with van der Waals surface area (Å²) in [6, 6.07) is 8.06. The summed E-state index contributed by atoms with van der Waals surface area (Å²) in [5.74, 6) is 0.749. The molecule has 1 aromatic rings. The first kappa shape index (κ1) is 15.5. The molecule has 1 aromatic carbocycles. The van der Waals surface area contributed by atoms with Crippen molar-refractivity contribution in [3.63, 3.8) is 0 Å². The standard InChI is InChI=1S/C16H23BrN2O/c1-12(13-5-3-2-4-6-13)18-11-16(20)19-15-9-7-14(17)8-10-15/h7-10,12-13,18H,2-6,11H2,1H3,(H,19,20)/t12-/m0/s1. The number of rotatable bonds is 5. The molecule has 2 N–H and O–H groups in total. The fraction of sp³-hybridized carbons (Fsp3) is 0.562. The van der Waals surface area contributed by atoms with Crippen molar-refractivity contribution in [1.82, 2.24) is 5.32 Å². The highest BCUT2D eigenvalue weighted by Crippen LogP contribution is 2.26. The highest BCUT2D eigenvalue weighted by molar-refractivity contribution is 9.10. The molecule has 2 rings (SSSR count). The van der Waals surface area contributed by atoms with E-state index in [9.17, 15) is 4.79 Å². The van der Waals surface area contributed by atoms with Crippen LogP contribution in [0.15, 0.2) is 28.7 Å². The van der Waals surface area contributed by atoms with E-state index in [1.165, 1.54) is 32.1 Å². The Labute approximate surface area is 129 Å². The van der Waals surface area contributed by atoms with E-state index in [4.69, 9.17) is 0 Å². The second-order valence-corrected chi connectivity index (χ2v) is 6.54. The Bertz CT molecular complexity index is 427. The Morgan fingerprint density at radius 3 is 2.55 bits per heavy atom. The Morgan fingerprint density at radius 2 is 1.90 bits per heavy atom. The van der Waals surface area contributed by atoms with Crippen LogP contribution in [-0.4, -0.2) is 18.5 Å². The third-order valence-electron chi connectivity index (χ3n) is 4.07. The lowest BCUT2D eigenvalue weighted by molar-refractivity contribution is -0.115. The monoisotopic (exact) mass is 338 g/mol. The van der Waals surface area contributed by atoms with Crippen LogP contribution >= 0.6 is 15.9 Å². The number of amides is 1. The van der Waals surface area contributed by atoms with E-state index in [0.29, 0.717) is 12.6 Å². The molecule has 0 radical (unpaired) electrons. The SMILES string of the molecule is C[C@H](NCC(=O)Nc1ccc(Br)cc1)C1CCCCC1. The predicted molar refractivity (Wildman–Crippen MR) is 86.8 cm³/mol. The zero-order valence-corrected chi connectivity index (χ0v) is 13.6. The molecular weight excluding hydrogens is 316 g/mol. The van der Waals surface area contributed by atoms with Crippen molar-refractivity contribution in [2.45, 2.75) is 45.1 Å². The van der Waals surface area contributed by atoms with Crippen molar-refractivity contribution in [2.75, 3.05) is 11.9 Å². The van der Waals surface area contributed by atoms with Gasteiger partial charge < -0.3 is 10.6 Å². The number of benzene rings is 1. The summed E-state index contributed by atoms with van der Waals surface area (Å²) in [6.07, 6.45) is 6.63. The maximum Gasteiger partial charge on any atom is 0.238 e. The molecule has 0 heterocycles. The van der Waals surface area contributed by atoms with Gasteiger partial charge in [0, 0.05) is 16.2 Å². The minimum absolute atomic E-state index is 0.0231. The Kier molecular flexibility index (Phi) is 6.05. The molecule has 0 bridgehead atoms. The van der Waals surface area contributed by atoms with Gasteiger partial charge in [0.05, 0.1) is 6.54 Å². The van der Waals surface area contributed by atoms with Gasteiger partial charge in [-0.3, -0.25) is 4.79 Å². The number of hydrogen-bond acceptors (Lipinski definition) is 2. The van der Waals surface area contributed by atoms with Crippen LogP contribution in [-0.2, 0) is 4.79 Å². The van der Waals surface area contributed by atoms with E-state index >= 15 is 0 Å². The Balaban J connectivity index is 1.72. The summed E-state index contributed by atoms with van der Waals surface area (Å²) in [6.45, 7) is 2.58. The number of carbonyl (C=O) groups is 1. The van der Waals surface area contributed by atoms with E-state index < -0.39 is 0 Å². The first-order valence-electron chi connectivity index (χ1n) is 7.44. The van der Waals surface area contributed by atoms with Crippen molar-refractivity contribution < 1.29 is 4.79 Å². The molecule has 0 aliphatic heterocycles. The summed E-state index contributed by atoms with van der Waals surface area (Å²) >= 11 is 3.38. The topological polar surface area (TPSA) is 41.1 Å². The third kappa shape index (κ3) is 4.91. The molecule has 4 heteroatoms. The van der Waals surface area contributed by atoms with Crippen LogP contribution in [0, 0.1) is 5.92 Å². The van der Waals surface area contributed by atoms with Gasteiger partial charge >= 0.3 is 0 Å². The van der Waals surface area contributed by atoms with Crippen LogP contribution in [0.3, 0.4) is 0 Å². The average Bonchev–Trinajstić information content (AvgIpc) is 2.48. The predicted octanol–water partition coefficient (Wildman–Crippen LogP) is 3.95. The smallest absolute Gasteiger partial charge is 0.238 e. The average molecular weight is 339 g/mol. The number of nitrogens with one attached hydrogen (secondary N) is 2. The van der Waals surface area contributed by atoms with Crippen molar-refractivity contribution in [3.05, 3.63) is 28.7 Å². The van der Waals surface area contributed by atoms with E-state index in [1.807, 2.05) is 24.3 Å². The maximum atomic E-state index is 11.9. The highest BCUT2D eigenvalue weighted by Gasteiger charge is 2.20. The van der Waals surface area contributed by atoms with E-state index in [-0.39, 0.29) is 5.91 Å². The van der Waals surface area contributed by atoms with Gasteiger partial charge in [0.2, 0.25) is 5.91 Å². The second-order valence-electron chi connectivity index (χ2n) is 5.62. The zero-order chi connectivity index (χ0) is 14.4.